The van der Waals surface area contributed by atoms with Crippen molar-refractivity contribution in [3.8, 4) is 6.07 Å². The number of aryl methyl sites for hydroxylation is 2. The lowest BCUT2D eigenvalue weighted by atomic mass is 10.00. The van der Waals surface area contributed by atoms with Gasteiger partial charge in [0.15, 0.2) is 0 Å². The third kappa shape index (κ3) is 3.99. The third-order valence-electron chi connectivity index (χ3n) is 4.74. The zero-order valence-electron chi connectivity index (χ0n) is 15.3. The molecule has 0 fully saturated rings. The van der Waals surface area contributed by atoms with Gasteiger partial charge in [0.2, 0.25) is 11.9 Å². The minimum Gasteiger partial charge on any atom is -0.326 e. The molecule has 0 saturated carbocycles. The minimum atomic E-state index is 0.0158. The highest BCUT2D eigenvalue weighted by atomic mass is 16.1. The predicted octanol–water partition coefficient (Wildman–Crippen LogP) is 3.57. The first-order valence-electron chi connectivity index (χ1n) is 9.17. The number of amides is 1. The Morgan fingerprint density at radius 3 is 2.82 bits per heavy atom. The maximum absolute atomic E-state index is 11.5. The van der Waals surface area contributed by atoms with E-state index in [0.717, 1.165) is 41.0 Å². The van der Waals surface area contributed by atoms with Crippen molar-refractivity contribution < 1.29 is 4.79 Å². The van der Waals surface area contributed by atoms with E-state index >= 15 is 0 Å². The largest absolute Gasteiger partial charge is 0.326 e. The number of aromatic nitrogens is 2. The average molecular weight is 369 g/mol. The van der Waals surface area contributed by atoms with Crippen molar-refractivity contribution in [3.63, 3.8) is 0 Å². The van der Waals surface area contributed by atoms with Crippen LogP contribution in [0.2, 0.25) is 0 Å². The summed E-state index contributed by atoms with van der Waals surface area (Å²) >= 11 is 0. The van der Waals surface area contributed by atoms with Gasteiger partial charge in [0.25, 0.3) is 0 Å². The number of nitrogens with zero attached hydrogens (tertiary/aromatic N) is 3. The van der Waals surface area contributed by atoms with Crippen LogP contribution in [0.4, 0.5) is 17.3 Å². The number of fused-ring (bicyclic) bond motifs is 1. The monoisotopic (exact) mass is 369 g/mol. The molecule has 0 atom stereocenters. The summed E-state index contributed by atoms with van der Waals surface area (Å²) < 4.78 is 0. The molecule has 1 amide bonds. The van der Waals surface area contributed by atoms with Crippen LogP contribution >= 0.6 is 0 Å². The van der Waals surface area contributed by atoms with Gasteiger partial charge in [0, 0.05) is 23.3 Å². The highest BCUT2D eigenvalue weighted by molar-refractivity contribution is 5.99. The van der Waals surface area contributed by atoms with Crippen LogP contribution in [0.15, 0.2) is 54.7 Å². The minimum absolute atomic E-state index is 0.0158. The highest BCUT2D eigenvalue weighted by Gasteiger charge is 2.17. The summed E-state index contributed by atoms with van der Waals surface area (Å²) in [6, 6.07) is 17.9. The van der Waals surface area contributed by atoms with Gasteiger partial charge in [-0.2, -0.15) is 5.26 Å². The molecule has 4 rings (SSSR count). The fourth-order valence-electron chi connectivity index (χ4n) is 3.35. The van der Waals surface area contributed by atoms with E-state index < -0.39 is 0 Å². The van der Waals surface area contributed by atoms with Crippen molar-refractivity contribution in [1.82, 2.24) is 9.97 Å². The van der Waals surface area contributed by atoms with Crippen LogP contribution in [-0.4, -0.2) is 15.9 Å². The van der Waals surface area contributed by atoms with Gasteiger partial charge in [-0.15, -0.1) is 0 Å². The molecule has 0 unspecified atom stereocenters. The molecule has 0 radical (unpaired) electrons. The zero-order valence-corrected chi connectivity index (χ0v) is 15.3. The predicted molar refractivity (Wildman–Crippen MR) is 107 cm³/mol. The van der Waals surface area contributed by atoms with Crippen LogP contribution in [0.3, 0.4) is 0 Å². The van der Waals surface area contributed by atoms with Gasteiger partial charge < -0.3 is 10.6 Å². The Labute approximate surface area is 163 Å². The molecule has 0 aliphatic carbocycles. The fourth-order valence-corrected chi connectivity index (χ4v) is 3.35. The lowest BCUT2D eigenvalue weighted by Gasteiger charge is -2.09. The quantitative estimate of drug-likeness (QED) is 0.693. The number of carbonyl (C=O) groups excluding carboxylic acids is 1. The molecule has 0 bridgehead atoms. The zero-order chi connectivity index (χ0) is 19.3. The summed E-state index contributed by atoms with van der Waals surface area (Å²) in [4.78, 5) is 20.4. The third-order valence-corrected chi connectivity index (χ3v) is 4.74. The number of carbonyl (C=O) groups is 1. The van der Waals surface area contributed by atoms with Gasteiger partial charge >= 0.3 is 0 Å². The Kier molecular flexibility index (Phi) is 4.98. The van der Waals surface area contributed by atoms with Crippen molar-refractivity contribution in [2.24, 2.45) is 0 Å². The second kappa shape index (κ2) is 7.89. The Hall–Kier alpha value is -3.72. The molecule has 6 nitrogen and oxygen atoms in total. The number of benzene rings is 2. The van der Waals surface area contributed by atoms with Crippen molar-refractivity contribution in [2.45, 2.75) is 25.7 Å². The molecule has 28 heavy (non-hydrogen) atoms. The molecule has 6 heteroatoms. The highest BCUT2D eigenvalue weighted by Crippen LogP contribution is 2.27. The van der Waals surface area contributed by atoms with Crippen molar-refractivity contribution >= 4 is 23.2 Å². The van der Waals surface area contributed by atoms with Crippen LogP contribution in [0, 0.1) is 11.3 Å². The smallest absolute Gasteiger partial charge is 0.228 e. The first-order chi connectivity index (χ1) is 13.7. The maximum atomic E-state index is 11.5. The summed E-state index contributed by atoms with van der Waals surface area (Å²) in [5.41, 5.74) is 5.86. The van der Waals surface area contributed by atoms with Crippen LogP contribution in [0.5, 0.6) is 0 Å². The molecule has 2 heterocycles. The van der Waals surface area contributed by atoms with E-state index in [2.05, 4.69) is 32.7 Å². The van der Waals surface area contributed by atoms with Crippen LogP contribution in [0.1, 0.15) is 22.4 Å². The SMILES string of the molecule is N#CCc1ccccc1CCc1ccnc(Nc2ccc3c(c2)CC(=O)N3)n1. The average Bonchev–Trinajstić information content (AvgIpc) is 3.07. The number of nitriles is 1. The second-order valence-corrected chi connectivity index (χ2v) is 6.70. The lowest BCUT2D eigenvalue weighted by Crippen LogP contribution is -2.03. The van der Waals surface area contributed by atoms with Gasteiger partial charge in [-0.1, -0.05) is 24.3 Å². The normalized spacial score (nSPS) is 12.2. The Balaban J connectivity index is 1.45. The summed E-state index contributed by atoms with van der Waals surface area (Å²) in [5.74, 6) is 0.544. The van der Waals surface area contributed by atoms with Gasteiger partial charge in [-0.3, -0.25) is 4.79 Å². The van der Waals surface area contributed by atoms with E-state index in [9.17, 15) is 4.79 Å². The van der Waals surface area contributed by atoms with Gasteiger partial charge in [0.05, 0.1) is 18.9 Å². The van der Waals surface area contributed by atoms with Crippen LogP contribution in [0.25, 0.3) is 0 Å². The molecular formula is C22H19N5O. The summed E-state index contributed by atoms with van der Waals surface area (Å²) in [5, 5.41) is 15.0. The number of rotatable bonds is 6. The van der Waals surface area contributed by atoms with E-state index in [4.69, 9.17) is 5.26 Å². The van der Waals surface area contributed by atoms with Crippen molar-refractivity contribution in [3.05, 3.63) is 77.1 Å². The van der Waals surface area contributed by atoms with Crippen molar-refractivity contribution in [1.29, 1.82) is 5.26 Å². The molecule has 2 aromatic carbocycles. The van der Waals surface area contributed by atoms with Crippen molar-refractivity contribution in [2.75, 3.05) is 10.6 Å². The molecule has 3 aromatic rings. The molecular weight excluding hydrogens is 350 g/mol. The number of hydrogen-bond donors (Lipinski definition) is 2. The van der Waals surface area contributed by atoms with E-state index in [1.807, 2.05) is 42.5 Å². The Morgan fingerprint density at radius 1 is 1.11 bits per heavy atom. The standard InChI is InChI=1S/C22H19N5O/c23-11-9-16-4-2-1-3-15(16)5-6-18-10-12-24-22(25-18)26-19-7-8-20-17(13-19)14-21(28)27-20/h1-4,7-8,10,12-13H,5-6,9,14H2,(H,27,28)(H,24,25,26). The second-order valence-electron chi connectivity index (χ2n) is 6.70. The molecule has 1 aliphatic rings. The van der Waals surface area contributed by atoms with Crippen LogP contribution < -0.4 is 10.6 Å². The van der Waals surface area contributed by atoms with Gasteiger partial charge in [-0.05, 0) is 53.8 Å². The molecule has 1 aliphatic heterocycles. The summed E-state index contributed by atoms with van der Waals surface area (Å²) in [6.45, 7) is 0. The fraction of sp³-hybridized carbons (Fsp3) is 0.182. The summed E-state index contributed by atoms with van der Waals surface area (Å²) in [6.07, 6.45) is 4.14. The molecule has 0 spiro atoms. The molecule has 1 aromatic heterocycles. The Bertz CT molecular complexity index is 1070. The van der Waals surface area contributed by atoms with E-state index in [1.54, 1.807) is 6.20 Å². The van der Waals surface area contributed by atoms with Crippen LogP contribution in [-0.2, 0) is 30.5 Å². The number of hydrogen-bond acceptors (Lipinski definition) is 5. The molecule has 138 valence electrons. The number of nitrogens with one attached hydrogen (secondary N) is 2. The van der Waals surface area contributed by atoms with E-state index in [-0.39, 0.29) is 5.91 Å². The van der Waals surface area contributed by atoms with E-state index in [0.29, 0.717) is 18.8 Å². The molecule has 2 N–H and O–H groups in total. The topological polar surface area (TPSA) is 90.7 Å². The summed E-state index contributed by atoms with van der Waals surface area (Å²) in [7, 11) is 0. The van der Waals surface area contributed by atoms with E-state index in [1.165, 1.54) is 5.56 Å². The lowest BCUT2D eigenvalue weighted by molar-refractivity contribution is -0.115. The molecule has 0 saturated heterocycles. The Morgan fingerprint density at radius 2 is 1.96 bits per heavy atom. The maximum Gasteiger partial charge on any atom is 0.228 e. The van der Waals surface area contributed by atoms with Gasteiger partial charge in [-0.25, -0.2) is 9.97 Å². The van der Waals surface area contributed by atoms with Gasteiger partial charge in [0.1, 0.15) is 0 Å². The number of anilines is 3. The first kappa shape index (κ1) is 17.7. The first-order valence-corrected chi connectivity index (χ1v) is 9.17.